The Morgan fingerprint density at radius 2 is 1.96 bits per heavy atom. The molecular weight excluding hydrogens is 302 g/mol. The number of rotatable bonds is 4. The number of nitriles is 1. The van der Waals surface area contributed by atoms with Crippen molar-refractivity contribution in [2.75, 3.05) is 10.6 Å². The van der Waals surface area contributed by atoms with Gasteiger partial charge >= 0.3 is 0 Å². The van der Waals surface area contributed by atoms with Crippen LogP contribution in [0.4, 0.5) is 11.4 Å². The molecule has 1 unspecified atom stereocenters. The number of carbonyl (C=O) groups is 2. The molecule has 0 radical (unpaired) electrons. The highest BCUT2D eigenvalue weighted by atomic mass is 16.2. The van der Waals surface area contributed by atoms with Gasteiger partial charge in [0.2, 0.25) is 11.8 Å². The lowest BCUT2D eigenvalue weighted by Crippen LogP contribution is -2.30. The second-order valence-corrected chi connectivity index (χ2v) is 5.82. The van der Waals surface area contributed by atoms with Crippen LogP contribution in [0.5, 0.6) is 0 Å². The molecule has 24 heavy (non-hydrogen) atoms. The fourth-order valence-corrected chi connectivity index (χ4v) is 2.80. The third kappa shape index (κ3) is 3.61. The van der Waals surface area contributed by atoms with Gasteiger partial charge in [0, 0.05) is 23.7 Å². The van der Waals surface area contributed by atoms with E-state index in [-0.39, 0.29) is 24.2 Å². The summed E-state index contributed by atoms with van der Waals surface area (Å²) in [6.45, 7) is 0. The second kappa shape index (κ2) is 6.97. The first-order valence-corrected chi connectivity index (χ1v) is 7.84. The minimum absolute atomic E-state index is 0.0279. The molecule has 2 aromatic carbocycles. The molecule has 1 atom stereocenters. The number of carbonyl (C=O) groups excluding carboxylic acids is 2. The van der Waals surface area contributed by atoms with Crippen molar-refractivity contribution in [1.29, 1.82) is 5.26 Å². The summed E-state index contributed by atoms with van der Waals surface area (Å²) in [5.41, 5.74) is 3.17. The van der Waals surface area contributed by atoms with Crippen LogP contribution in [0.25, 0.3) is 0 Å². The molecule has 2 aromatic rings. The lowest BCUT2D eigenvalue weighted by molar-refractivity contribution is -0.121. The predicted octanol–water partition coefficient (Wildman–Crippen LogP) is 3.09. The van der Waals surface area contributed by atoms with Gasteiger partial charge in [0.05, 0.1) is 11.6 Å². The van der Waals surface area contributed by atoms with Gasteiger partial charge in [0.25, 0.3) is 0 Å². The first kappa shape index (κ1) is 15.8. The molecule has 3 rings (SSSR count). The summed E-state index contributed by atoms with van der Waals surface area (Å²) in [7, 11) is 0. The van der Waals surface area contributed by atoms with Gasteiger partial charge in [-0.2, -0.15) is 5.26 Å². The van der Waals surface area contributed by atoms with Gasteiger partial charge < -0.3 is 10.6 Å². The van der Waals surface area contributed by atoms with E-state index in [2.05, 4.69) is 10.6 Å². The highest BCUT2D eigenvalue weighted by Crippen LogP contribution is 2.27. The van der Waals surface area contributed by atoms with Crippen LogP contribution in [-0.2, 0) is 16.0 Å². The van der Waals surface area contributed by atoms with Gasteiger partial charge in [-0.25, -0.2) is 0 Å². The summed E-state index contributed by atoms with van der Waals surface area (Å²) in [5, 5.41) is 14.4. The SMILES string of the molecule is N#Cc1ccc(NC(=O)CCC2Cc3ccccc3NC2=O)cc1. The van der Waals surface area contributed by atoms with Crippen LogP contribution >= 0.6 is 0 Å². The maximum absolute atomic E-state index is 12.1. The fourth-order valence-electron chi connectivity index (χ4n) is 2.80. The number of nitrogens with one attached hydrogen (secondary N) is 2. The minimum atomic E-state index is -0.188. The van der Waals surface area contributed by atoms with Crippen LogP contribution in [0.15, 0.2) is 48.5 Å². The van der Waals surface area contributed by atoms with Crippen molar-refractivity contribution in [1.82, 2.24) is 0 Å². The smallest absolute Gasteiger partial charge is 0.227 e. The van der Waals surface area contributed by atoms with Crippen molar-refractivity contribution < 1.29 is 9.59 Å². The molecule has 1 aliphatic heterocycles. The second-order valence-electron chi connectivity index (χ2n) is 5.82. The number of hydrogen-bond acceptors (Lipinski definition) is 3. The maximum Gasteiger partial charge on any atom is 0.227 e. The molecule has 2 amide bonds. The Kier molecular flexibility index (Phi) is 4.57. The van der Waals surface area contributed by atoms with E-state index < -0.39 is 0 Å². The first-order chi connectivity index (χ1) is 11.7. The van der Waals surface area contributed by atoms with Gasteiger partial charge in [0.15, 0.2) is 0 Å². The Labute approximate surface area is 140 Å². The molecule has 0 saturated carbocycles. The number of benzene rings is 2. The number of fused-ring (bicyclic) bond motifs is 1. The summed E-state index contributed by atoms with van der Waals surface area (Å²) in [6.07, 6.45) is 1.44. The number of para-hydroxylation sites is 1. The Bertz CT molecular complexity index is 806. The summed E-state index contributed by atoms with van der Waals surface area (Å²) in [4.78, 5) is 24.2. The van der Waals surface area contributed by atoms with Crippen LogP contribution in [0.3, 0.4) is 0 Å². The molecule has 120 valence electrons. The average Bonchev–Trinajstić information content (AvgIpc) is 2.60. The summed E-state index contributed by atoms with van der Waals surface area (Å²) < 4.78 is 0. The number of nitrogens with zero attached hydrogens (tertiary/aromatic N) is 1. The van der Waals surface area contributed by atoms with Crippen LogP contribution in [0.1, 0.15) is 24.0 Å². The molecule has 0 bridgehead atoms. The number of anilines is 2. The quantitative estimate of drug-likeness (QED) is 0.908. The van der Waals surface area contributed by atoms with Gasteiger partial charge in [-0.05, 0) is 48.7 Å². The Morgan fingerprint density at radius 3 is 2.71 bits per heavy atom. The molecule has 0 aliphatic carbocycles. The zero-order chi connectivity index (χ0) is 16.9. The molecule has 0 aromatic heterocycles. The zero-order valence-electron chi connectivity index (χ0n) is 13.1. The van der Waals surface area contributed by atoms with Crippen LogP contribution < -0.4 is 10.6 Å². The largest absolute Gasteiger partial charge is 0.326 e. The highest BCUT2D eigenvalue weighted by Gasteiger charge is 2.26. The average molecular weight is 319 g/mol. The van der Waals surface area contributed by atoms with Gasteiger partial charge in [-0.3, -0.25) is 9.59 Å². The molecule has 1 heterocycles. The summed E-state index contributed by atoms with van der Waals surface area (Å²) in [6, 6.07) is 16.5. The van der Waals surface area contributed by atoms with Crippen molar-refractivity contribution in [3.8, 4) is 6.07 Å². The normalized spacial score (nSPS) is 15.8. The Hall–Kier alpha value is -3.13. The topological polar surface area (TPSA) is 82.0 Å². The molecule has 5 nitrogen and oxygen atoms in total. The van der Waals surface area contributed by atoms with Crippen LogP contribution in [0, 0.1) is 17.2 Å². The standard InChI is InChI=1S/C19H17N3O2/c20-12-13-5-8-16(9-6-13)21-18(23)10-7-15-11-14-3-1-2-4-17(14)22-19(15)24/h1-6,8-9,15H,7,10-11H2,(H,21,23)(H,22,24). The molecule has 1 aliphatic rings. The monoisotopic (exact) mass is 319 g/mol. The molecule has 5 heteroatoms. The van der Waals surface area contributed by atoms with Gasteiger partial charge in [-0.15, -0.1) is 0 Å². The maximum atomic E-state index is 12.1. The fraction of sp³-hybridized carbons (Fsp3) is 0.211. The van der Waals surface area contributed by atoms with Crippen molar-refractivity contribution in [3.05, 3.63) is 59.7 Å². The number of amides is 2. The molecule has 0 spiro atoms. The first-order valence-electron chi connectivity index (χ1n) is 7.84. The Balaban J connectivity index is 1.54. The van der Waals surface area contributed by atoms with Crippen molar-refractivity contribution in [2.24, 2.45) is 5.92 Å². The van der Waals surface area contributed by atoms with E-state index in [4.69, 9.17) is 5.26 Å². The molecule has 0 fully saturated rings. The Morgan fingerprint density at radius 1 is 1.21 bits per heavy atom. The third-order valence-corrected chi connectivity index (χ3v) is 4.13. The third-order valence-electron chi connectivity index (χ3n) is 4.13. The molecule has 0 saturated heterocycles. The van der Waals surface area contributed by atoms with E-state index in [1.807, 2.05) is 30.3 Å². The van der Waals surface area contributed by atoms with Gasteiger partial charge in [-0.1, -0.05) is 18.2 Å². The lowest BCUT2D eigenvalue weighted by atomic mass is 9.89. The summed E-state index contributed by atoms with van der Waals surface area (Å²) >= 11 is 0. The van der Waals surface area contributed by atoms with E-state index in [9.17, 15) is 9.59 Å². The lowest BCUT2D eigenvalue weighted by Gasteiger charge is -2.24. The van der Waals surface area contributed by atoms with Crippen molar-refractivity contribution in [3.63, 3.8) is 0 Å². The van der Waals surface area contributed by atoms with E-state index in [1.54, 1.807) is 24.3 Å². The van der Waals surface area contributed by atoms with E-state index in [0.29, 0.717) is 24.1 Å². The molecule has 2 N–H and O–H groups in total. The van der Waals surface area contributed by atoms with E-state index in [1.165, 1.54) is 0 Å². The number of hydrogen-bond donors (Lipinski definition) is 2. The van der Waals surface area contributed by atoms with Crippen molar-refractivity contribution in [2.45, 2.75) is 19.3 Å². The van der Waals surface area contributed by atoms with Crippen LogP contribution in [-0.4, -0.2) is 11.8 Å². The van der Waals surface area contributed by atoms with Gasteiger partial charge in [0.1, 0.15) is 0 Å². The zero-order valence-corrected chi connectivity index (χ0v) is 13.1. The highest BCUT2D eigenvalue weighted by molar-refractivity contribution is 5.96. The predicted molar refractivity (Wildman–Crippen MR) is 91.3 cm³/mol. The van der Waals surface area contributed by atoms with Crippen molar-refractivity contribution >= 4 is 23.2 Å². The van der Waals surface area contributed by atoms with E-state index >= 15 is 0 Å². The van der Waals surface area contributed by atoms with E-state index in [0.717, 1.165) is 11.3 Å². The van der Waals surface area contributed by atoms with Crippen LogP contribution in [0.2, 0.25) is 0 Å². The molecular formula is C19H17N3O2. The summed E-state index contributed by atoms with van der Waals surface area (Å²) in [5.74, 6) is -0.349. The minimum Gasteiger partial charge on any atom is -0.326 e.